The highest BCUT2D eigenvalue weighted by atomic mass is 127. The Kier molecular flexibility index (Phi) is 4.18. The zero-order valence-electron chi connectivity index (χ0n) is 9.93. The molecule has 0 aromatic heterocycles. The highest BCUT2D eigenvalue weighted by Crippen LogP contribution is 2.18. The third-order valence-electron chi connectivity index (χ3n) is 1.82. The van der Waals surface area contributed by atoms with E-state index < -0.39 is 11.7 Å². The van der Waals surface area contributed by atoms with Crippen LogP contribution in [0.5, 0.6) is 0 Å². The van der Waals surface area contributed by atoms with Crippen LogP contribution in [0.25, 0.3) is 0 Å². The van der Waals surface area contributed by atoms with E-state index in [4.69, 9.17) is 4.74 Å². The van der Waals surface area contributed by atoms with Crippen LogP contribution in [0.15, 0.2) is 18.2 Å². The number of carbonyl (C=O) groups excluding carboxylic acids is 1. The van der Waals surface area contributed by atoms with Crippen LogP contribution < -0.4 is 5.32 Å². The van der Waals surface area contributed by atoms with E-state index in [1.165, 1.54) is 5.56 Å². The van der Waals surface area contributed by atoms with Gasteiger partial charge in [-0.25, -0.2) is 4.79 Å². The molecule has 1 N–H and O–H groups in total. The fourth-order valence-electron chi connectivity index (χ4n) is 1.09. The van der Waals surface area contributed by atoms with Gasteiger partial charge in [-0.05, 0) is 68.0 Å². The van der Waals surface area contributed by atoms with Crippen LogP contribution >= 0.6 is 22.6 Å². The molecule has 0 fully saturated rings. The van der Waals surface area contributed by atoms with Gasteiger partial charge < -0.3 is 4.74 Å². The van der Waals surface area contributed by atoms with Gasteiger partial charge in [-0.3, -0.25) is 5.32 Å². The molecule has 4 heteroatoms. The molecular formula is C12H16INO2. The number of amides is 1. The summed E-state index contributed by atoms with van der Waals surface area (Å²) in [7, 11) is 0. The molecule has 1 aromatic carbocycles. The predicted octanol–water partition coefficient (Wildman–Crippen LogP) is 3.95. The first kappa shape index (κ1) is 13.3. The van der Waals surface area contributed by atoms with Crippen LogP contribution in [0, 0.1) is 10.5 Å². The maximum atomic E-state index is 11.5. The molecule has 1 rings (SSSR count). The Hall–Kier alpha value is -0.780. The van der Waals surface area contributed by atoms with Crippen LogP contribution in [-0.2, 0) is 4.74 Å². The standard InChI is InChI=1S/C12H16INO2/c1-8-5-6-9(7-10(8)13)14-11(15)16-12(2,3)4/h5-7H,1-4H3,(H,14,15). The Bertz CT molecular complexity index is 396. The average molecular weight is 333 g/mol. The first-order chi connectivity index (χ1) is 7.28. The van der Waals surface area contributed by atoms with Gasteiger partial charge in [-0.15, -0.1) is 0 Å². The van der Waals surface area contributed by atoms with Crippen LogP contribution in [0.4, 0.5) is 10.5 Å². The largest absolute Gasteiger partial charge is 0.444 e. The molecule has 0 aliphatic heterocycles. The molecule has 0 atom stereocenters. The molecule has 0 spiro atoms. The van der Waals surface area contributed by atoms with E-state index >= 15 is 0 Å². The highest BCUT2D eigenvalue weighted by molar-refractivity contribution is 14.1. The minimum Gasteiger partial charge on any atom is -0.444 e. The van der Waals surface area contributed by atoms with Crippen molar-refractivity contribution in [2.24, 2.45) is 0 Å². The lowest BCUT2D eigenvalue weighted by Gasteiger charge is -2.19. The van der Waals surface area contributed by atoms with Crippen molar-refractivity contribution in [1.29, 1.82) is 0 Å². The molecule has 16 heavy (non-hydrogen) atoms. The number of aryl methyl sites for hydroxylation is 1. The molecule has 0 heterocycles. The predicted molar refractivity (Wildman–Crippen MR) is 73.8 cm³/mol. The lowest BCUT2D eigenvalue weighted by Crippen LogP contribution is -2.27. The van der Waals surface area contributed by atoms with E-state index in [1.54, 1.807) is 0 Å². The van der Waals surface area contributed by atoms with Gasteiger partial charge in [0.2, 0.25) is 0 Å². The fourth-order valence-corrected chi connectivity index (χ4v) is 1.61. The third-order valence-corrected chi connectivity index (χ3v) is 2.98. The second-order valence-corrected chi connectivity index (χ2v) is 5.75. The minimum atomic E-state index is -0.470. The number of rotatable bonds is 1. The topological polar surface area (TPSA) is 38.3 Å². The fraction of sp³-hybridized carbons (Fsp3) is 0.417. The number of carbonyl (C=O) groups is 1. The van der Waals surface area contributed by atoms with Crippen LogP contribution in [0.2, 0.25) is 0 Å². The summed E-state index contributed by atoms with van der Waals surface area (Å²) in [6, 6.07) is 5.75. The van der Waals surface area contributed by atoms with Crippen molar-refractivity contribution in [3.05, 3.63) is 27.3 Å². The van der Waals surface area contributed by atoms with Crippen LogP contribution in [-0.4, -0.2) is 11.7 Å². The summed E-state index contributed by atoms with van der Waals surface area (Å²) in [4.78, 5) is 11.5. The summed E-state index contributed by atoms with van der Waals surface area (Å²) in [5.41, 5.74) is 1.47. The molecule has 1 amide bonds. The molecule has 0 aliphatic carbocycles. The van der Waals surface area contributed by atoms with Gasteiger partial charge in [0.05, 0.1) is 0 Å². The SMILES string of the molecule is Cc1ccc(NC(=O)OC(C)(C)C)cc1I. The number of anilines is 1. The maximum absolute atomic E-state index is 11.5. The van der Waals surface area contributed by atoms with Crippen molar-refractivity contribution in [1.82, 2.24) is 0 Å². The Labute approximate surface area is 110 Å². The lowest BCUT2D eigenvalue weighted by molar-refractivity contribution is 0.0636. The number of hydrogen-bond donors (Lipinski definition) is 1. The molecule has 0 bridgehead atoms. The summed E-state index contributed by atoms with van der Waals surface area (Å²) >= 11 is 2.23. The van der Waals surface area contributed by atoms with Crippen molar-refractivity contribution >= 4 is 34.4 Å². The quantitative estimate of drug-likeness (QED) is 0.791. The Morgan fingerprint density at radius 2 is 2.00 bits per heavy atom. The smallest absolute Gasteiger partial charge is 0.412 e. The summed E-state index contributed by atoms with van der Waals surface area (Å²) in [5, 5.41) is 2.70. The summed E-state index contributed by atoms with van der Waals surface area (Å²) < 4.78 is 6.28. The molecule has 88 valence electrons. The van der Waals surface area contributed by atoms with Gasteiger partial charge in [0, 0.05) is 9.26 Å². The Morgan fingerprint density at radius 3 is 2.50 bits per heavy atom. The first-order valence-electron chi connectivity index (χ1n) is 5.04. The van der Waals surface area contributed by atoms with E-state index in [2.05, 4.69) is 27.9 Å². The summed E-state index contributed by atoms with van der Waals surface area (Å²) in [6.45, 7) is 7.54. The molecular weight excluding hydrogens is 317 g/mol. The van der Waals surface area contributed by atoms with Gasteiger partial charge in [0.25, 0.3) is 0 Å². The van der Waals surface area contributed by atoms with Crippen molar-refractivity contribution in [3.63, 3.8) is 0 Å². The Balaban J connectivity index is 2.67. The average Bonchev–Trinajstić information content (AvgIpc) is 2.08. The Morgan fingerprint density at radius 1 is 1.38 bits per heavy atom. The molecule has 0 saturated carbocycles. The molecule has 0 unspecified atom stereocenters. The number of halogens is 1. The van der Waals surface area contributed by atoms with Gasteiger partial charge in [0.15, 0.2) is 0 Å². The number of ether oxygens (including phenoxy) is 1. The molecule has 3 nitrogen and oxygen atoms in total. The van der Waals surface area contributed by atoms with Gasteiger partial charge >= 0.3 is 6.09 Å². The molecule has 0 radical (unpaired) electrons. The van der Waals surface area contributed by atoms with Crippen LogP contribution in [0.3, 0.4) is 0 Å². The second-order valence-electron chi connectivity index (χ2n) is 4.59. The third kappa shape index (κ3) is 4.38. The van der Waals surface area contributed by atoms with Crippen molar-refractivity contribution in [3.8, 4) is 0 Å². The van der Waals surface area contributed by atoms with Crippen molar-refractivity contribution in [2.75, 3.05) is 5.32 Å². The molecule has 0 saturated heterocycles. The minimum absolute atomic E-state index is 0.424. The van der Waals surface area contributed by atoms with Crippen molar-refractivity contribution in [2.45, 2.75) is 33.3 Å². The van der Waals surface area contributed by atoms with Gasteiger partial charge in [-0.2, -0.15) is 0 Å². The number of nitrogens with one attached hydrogen (secondary N) is 1. The van der Waals surface area contributed by atoms with Crippen LogP contribution in [0.1, 0.15) is 26.3 Å². The van der Waals surface area contributed by atoms with E-state index in [0.717, 1.165) is 9.26 Å². The monoisotopic (exact) mass is 333 g/mol. The van der Waals surface area contributed by atoms with E-state index in [9.17, 15) is 4.79 Å². The molecule has 1 aromatic rings. The van der Waals surface area contributed by atoms with E-state index in [1.807, 2.05) is 45.9 Å². The van der Waals surface area contributed by atoms with Gasteiger partial charge in [0.1, 0.15) is 5.60 Å². The number of benzene rings is 1. The molecule has 0 aliphatic rings. The summed E-state index contributed by atoms with van der Waals surface area (Å²) in [6.07, 6.45) is -0.424. The zero-order chi connectivity index (χ0) is 12.3. The number of hydrogen-bond acceptors (Lipinski definition) is 2. The maximum Gasteiger partial charge on any atom is 0.412 e. The first-order valence-corrected chi connectivity index (χ1v) is 6.12. The lowest BCUT2D eigenvalue weighted by atomic mass is 10.2. The van der Waals surface area contributed by atoms with E-state index in [0.29, 0.717) is 0 Å². The zero-order valence-corrected chi connectivity index (χ0v) is 12.1. The normalized spacial score (nSPS) is 11.1. The van der Waals surface area contributed by atoms with E-state index in [-0.39, 0.29) is 0 Å². The van der Waals surface area contributed by atoms with Gasteiger partial charge in [-0.1, -0.05) is 6.07 Å². The summed E-state index contributed by atoms with van der Waals surface area (Å²) in [5.74, 6) is 0. The van der Waals surface area contributed by atoms with Crippen molar-refractivity contribution < 1.29 is 9.53 Å². The second kappa shape index (κ2) is 5.03. The highest BCUT2D eigenvalue weighted by Gasteiger charge is 2.16.